The molecule has 0 aliphatic rings. The van der Waals surface area contributed by atoms with Crippen LogP contribution in [0.4, 0.5) is 4.39 Å². The van der Waals surface area contributed by atoms with Crippen molar-refractivity contribution in [1.82, 2.24) is 9.55 Å². The van der Waals surface area contributed by atoms with Crippen LogP contribution in [0.2, 0.25) is 0 Å². The van der Waals surface area contributed by atoms with E-state index in [4.69, 9.17) is 5.73 Å². The van der Waals surface area contributed by atoms with E-state index in [1.165, 1.54) is 12.3 Å². The van der Waals surface area contributed by atoms with Gasteiger partial charge in [0.25, 0.3) is 0 Å². The Balaban J connectivity index is 2.29. The fourth-order valence-corrected chi connectivity index (χ4v) is 3.88. The second-order valence-electron chi connectivity index (χ2n) is 6.55. The number of aryl methyl sites for hydroxylation is 1. The van der Waals surface area contributed by atoms with Crippen LogP contribution in [0.25, 0.3) is 22.2 Å². The van der Waals surface area contributed by atoms with Crippen LogP contribution >= 0.6 is 0 Å². The molecule has 142 valence electrons. The average Bonchev–Trinajstić information content (AvgIpc) is 2.86. The summed E-state index contributed by atoms with van der Waals surface area (Å²) in [6, 6.07) is 10.5. The van der Waals surface area contributed by atoms with E-state index in [-0.39, 0.29) is 23.8 Å². The molecule has 0 amide bonds. The number of pyridine rings is 1. The highest BCUT2D eigenvalue weighted by Gasteiger charge is 2.19. The zero-order valence-electron chi connectivity index (χ0n) is 15.5. The number of halogens is 1. The minimum absolute atomic E-state index is 0.0516. The van der Waals surface area contributed by atoms with E-state index >= 15 is 0 Å². The smallest absolute Gasteiger partial charge is 0.175 e. The molecule has 0 radical (unpaired) electrons. The maximum absolute atomic E-state index is 14.2. The third kappa shape index (κ3) is 3.79. The average molecular weight is 387 g/mol. The van der Waals surface area contributed by atoms with Crippen LogP contribution in [0.3, 0.4) is 0 Å². The molecule has 0 spiro atoms. The molecule has 2 aromatic heterocycles. The molecule has 0 bridgehead atoms. The van der Waals surface area contributed by atoms with Gasteiger partial charge in [-0.1, -0.05) is 12.1 Å². The SMILES string of the molecule is Cc1ccc2c(n1)c(-c1cccc(S(C)(=O)=O)c1)c(C)n2CC(F)=CCN. The number of aromatic nitrogens is 2. The Morgan fingerprint density at radius 3 is 2.67 bits per heavy atom. The summed E-state index contributed by atoms with van der Waals surface area (Å²) in [5.74, 6) is -0.325. The molecule has 27 heavy (non-hydrogen) atoms. The van der Waals surface area contributed by atoms with E-state index in [1.807, 2.05) is 36.6 Å². The molecule has 3 aromatic rings. The molecule has 5 nitrogen and oxygen atoms in total. The number of rotatable bonds is 5. The normalized spacial score (nSPS) is 12.7. The van der Waals surface area contributed by atoms with Gasteiger partial charge < -0.3 is 10.3 Å². The first-order valence-corrected chi connectivity index (χ1v) is 10.4. The summed E-state index contributed by atoms with van der Waals surface area (Å²) in [4.78, 5) is 4.88. The highest BCUT2D eigenvalue weighted by molar-refractivity contribution is 7.90. The van der Waals surface area contributed by atoms with Crippen molar-refractivity contribution in [3.63, 3.8) is 0 Å². The largest absolute Gasteiger partial charge is 0.336 e. The number of allylic oxidation sites excluding steroid dienone is 1. The molecular weight excluding hydrogens is 365 g/mol. The number of nitrogens with zero attached hydrogens (tertiary/aromatic N) is 2. The van der Waals surface area contributed by atoms with Crippen molar-refractivity contribution >= 4 is 20.9 Å². The third-order valence-corrected chi connectivity index (χ3v) is 5.62. The van der Waals surface area contributed by atoms with E-state index in [1.54, 1.807) is 18.2 Å². The molecule has 0 aliphatic heterocycles. The van der Waals surface area contributed by atoms with E-state index in [2.05, 4.69) is 4.98 Å². The number of fused-ring (bicyclic) bond motifs is 1. The number of hydrogen-bond acceptors (Lipinski definition) is 4. The predicted molar refractivity (Wildman–Crippen MR) is 106 cm³/mol. The van der Waals surface area contributed by atoms with Gasteiger partial charge >= 0.3 is 0 Å². The van der Waals surface area contributed by atoms with Gasteiger partial charge in [-0.3, -0.25) is 4.98 Å². The van der Waals surface area contributed by atoms with Gasteiger partial charge in [-0.25, -0.2) is 12.8 Å². The van der Waals surface area contributed by atoms with Crippen molar-refractivity contribution in [1.29, 1.82) is 0 Å². The van der Waals surface area contributed by atoms with Crippen LogP contribution in [-0.2, 0) is 16.4 Å². The van der Waals surface area contributed by atoms with Gasteiger partial charge in [-0.05, 0) is 49.8 Å². The second-order valence-corrected chi connectivity index (χ2v) is 8.57. The van der Waals surface area contributed by atoms with Crippen molar-refractivity contribution in [3.05, 3.63) is 59.7 Å². The van der Waals surface area contributed by atoms with Crippen molar-refractivity contribution in [2.45, 2.75) is 25.3 Å². The van der Waals surface area contributed by atoms with Gasteiger partial charge in [0.1, 0.15) is 5.83 Å². The van der Waals surface area contributed by atoms with E-state index in [0.717, 1.165) is 33.5 Å². The maximum atomic E-state index is 14.2. The van der Waals surface area contributed by atoms with Gasteiger partial charge in [-0.2, -0.15) is 0 Å². The minimum Gasteiger partial charge on any atom is -0.336 e. The monoisotopic (exact) mass is 387 g/mol. The van der Waals surface area contributed by atoms with Gasteiger partial charge in [0.2, 0.25) is 0 Å². The summed E-state index contributed by atoms with van der Waals surface area (Å²) in [5, 5.41) is 0. The standard InChI is InChI=1S/C20H22FN3O2S/c1-13-7-8-18-20(23-13)19(14(2)24(18)12-16(21)9-10-22)15-5-4-6-17(11-15)27(3,25)26/h4-9,11H,10,12,22H2,1-3H3. The molecule has 0 fully saturated rings. The molecular formula is C20H22FN3O2S. The Hall–Kier alpha value is -2.51. The lowest BCUT2D eigenvalue weighted by Gasteiger charge is -2.08. The summed E-state index contributed by atoms with van der Waals surface area (Å²) in [6.45, 7) is 3.95. The summed E-state index contributed by atoms with van der Waals surface area (Å²) in [7, 11) is -3.34. The maximum Gasteiger partial charge on any atom is 0.175 e. The first kappa shape index (κ1) is 19.3. The fraction of sp³-hybridized carbons (Fsp3) is 0.250. The van der Waals surface area contributed by atoms with E-state index < -0.39 is 9.84 Å². The van der Waals surface area contributed by atoms with Crippen molar-refractivity contribution in [2.24, 2.45) is 5.73 Å². The lowest BCUT2D eigenvalue weighted by Crippen LogP contribution is -2.03. The second kappa shape index (κ2) is 7.25. The summed E-state index contributed by atoms with van der Waals surface area (Å²) in [5.41, 5.74) is 10.1. The van der Waals surface area contributed by atoms with Gasteiger partial charge in [0, 0.05) is 29.8 Å². The summed E-state index contributed by atoms with van der Waals surface area (Å²) in [6.07, 6.45) is 2.52. The Morgan fingerprint density at radius 2 is 2.00 bits per heavy atom. The number of sulfone groups is 1. The Morgan fingerprint density at radius 1 is 1.26 bits per heavy atom. The highest BCUT2D eigenvalue weighted by atomic mass is 32.2. The molecule has 3 rings (SSSR count). The Bertz CT molecular complexity index is 1150. The zero-order valence-corrected chi connectivity index (χ0v) is 16.3. The topological polar surface area (TPSA) is 78.0 Å². The molecule has 0 aliphatic carbocycles. The van der Waals surface area contributed by atoms with Crippen molar-refractivity contribution in [3.8, 4) is 11.1 Å². The Kier molecular flexibility index (Phi) is 5.17. The van der Waals surface area contributed by atoms with Crippen LogP contribution in [0.5, 0.6) is 0 Å². The number of nitrogens with two attached hydrogens (primary N) is 1. The van der Waals surface area contributed by atoms with Crippen LogP contribution in [0.1, 0.15) is 11.4 Å². The molecule has 0 atom stereocenters. The molecule has 2 heterocycles. The van der Waals surface area contributed by atoms with Crippen LogP contribution in [0, 0.1) is 13.8 Å². The summed E-state index contributed by atoms with van der Waals surface area (Å²) < 4.78 is 39.9. The highest BCUT2D eigenvalue weighted by Crippen LogP contribution is 2.35. The lowest BCUT2D eigenvalue weighted by atomic mass is 10.1. The van der Waals surface area contributed by atoms with Crippen LogP contribution in [0.15, 0.2) is 53.2 Å². The van der Waals surface area contributed by atoms with Gasteiger partial charge in [0.15, 0.2) is 9.84 Å². The number of benzene rings is 1. The predicted octanol–water partition coefficient (Wildman–Crippen LogP) is 3.54. The molecule has 2 N–H and O–H groups in total. The molecule has 0 saturated heterocycles. The van der Waals surface area contributed by atoms with Gasteiger partial charge in [0.05, 0.1) is 22.5 Å². The first-order chi connectivity index (χ1) is 12.7. The molecule has 0 unspecified atom stereocenters. The van der Waals surface area contributed by atoms with E-state index in [0.29, 0.717) is 0 Å². The minimum atomic E-state index is -3.34. The van der Waals surface area contributed by atoms with Crippen molar-refractivity contribution < 1.29 is 12.8 Å². The number of hydrogen-bond donors (Lipinski definition) is 1. The third-order valence-electron chi connectivity index (χ3n) is 4.51. The van der Waals surface area contributed by atoms with E-state index in [9.17, 15) is 12.8 Å². The van der Waals surface area contributed by atoms with Crippen LogP contribution < -0.4 is 5.73 Å². The zero-order chi connectivity index (χ0) is 19.8. The van der Waals surface area contributed by atoms with Crippen LogP contribution in [-0.4, -0.2) is 30.8 Å². The molecule has 0 saturated carbocycles. The fourth-order valence-electron chi connectivity index (χ4n) is 3.21. The first-order valence-electron chi connectivity index (χ1n) is 8.54. The Labute approximate surface area is 158 Å². The molecule has 7 heteroatoms. The quantitative estimate of drug-likeness (QED) is 0.726. The van der Waals surface area contributed by atoms with Gasteiger partial charge in [-0.15, -0.1) is 0 Å². The molecule has 1 aromatic carbocycles. The lowest BCUT2D eigenvalue weighted by molar-refractivity contribution is 0.555. The van der Waals surface area contributed by atoms with Crippen molar-refractivity contribution in [2.75, 3.05) is 12.8 Å². The summed E-state index contributed by atoms with van der Waals surface area (Å²) >= 11 is 0.